The minimum atomic E-state index is -0.197. The minimum Gasteiger partial charge on any atom is -0.466 e. The quantitative estimate of drug-likeness (QED) is 0.641. The van der Waals surface area contributed by atoms with Crippen LogP contribution in [0.3, 0.4) is 0 Å². The summed E-state index contributed by atoms with van der Waals surface area (Å²) in [5.74, 6) is 0.311. The summed E-state index contributed by atoms with van der Waals surface area (Å²) in [7, 11) is 0. The van der Waals surface area contributed by atoms with Crippen molar-refractivity contribution in [3.05, 3.63) is 0 Å². The van der Waals surface area contributed by atoms with Gasteiger partial charge in [0.25, 0.3) is 0 Å². The highest BCUT2D eigenvalue weighted by molar-refractivity contribution is 5.82. The summed E-state index contributed by atoms with van der Waals surface area (Å²) in [6.07, 6.45) is 4.59. The van der Waals surface area contributed by atoms with Crippen molar-refractivity contribution in [1.29, 1.82) is 0 Å². The Hall–Kier alpha value is -1.06. The Morgan fingerprint density at radius 2 is 1.94 bits per heavy atom. The molecule has 0 aromatic heterocycles. The van der Waals surface area contributed by atoms with Crippen LogP contribution in [0, 0.1) is 5.92 Å². The fraction of sp³-hybridized carbons (Fsp3) is 0.833. The molecular weight excluding hydrogens is 206 g/mol. The van der Waals surface area contributed by atoms with Gasteiger partial charge in [0.2, 0.25) is 5.91 Å². The molecule has 2 saturated carbocycles. The van der Waals surface area contributed by atoms with Crippen molar-refractivity contribution in [2.45, 2.75) is 45.1 Å². The van der Waals surface area contributed by atoms with Gasteiger partial charge in [0.05, 0.1) is 13.0 Å². The topological polar surface area (TPSA) is 46.6 Å². The molecule has 0 atom stereocenters. The molecule has 0 aliphatic heterocycles. The molecule has 0 heterocycles. The van der Waals surface area contributed by atoms with Crippen LogP contribution in [0.4, 0.5) is 0 Å². The number of hydrogen-bond donors (Lipinski definition) is 0. The summed E-state index contributed by atoms with van der Waals surface area (Å²) in [5, 5.41) is 0. The van der Waals surface area contributed by atoms with Gasteiger partial charge in [0.1, 0.15) is 0 Å². The van der Waals surface area contributed by atoms with E-state index in [9.17, 15) is 9.59 Å². The number of hydrogen-bond acceptors (Lipinski definition) is 3. The molecule has 0 N–H and O–H groups in total. The fourth-order valence-electron chi connectivity index (χ4n) is 1.87. The van der Waals surface area contributed by atoms with Gasteiger partial charge in [-0.3, -0.25) is 9.59 Å². The van der Waals surface area contributed by atoms with Gasteiger partial charge >= 0.3 is 5.97 Å². The van der Waals surface area contributed by atoms with Crippen molar-refractivity contribution in [2.75, 3.05) is 13.2 Å². The minimum absolute atomic E-state index is 0.197. The third-order valence-electron chi connectivity index (χ3n) is 3.06. The highest BCUT2D eigenvalue weighted by atomic mass is 16.5. The summed E-state index contributed by atoms with van der Waals surface area (Å²) < 4.78 is 4.87. The first-order valence-corrected chi connectivity index (χ1v) is 6.18. The van der Waals surface area contributed by atoms with Crippen molar-refractivity contribution in [2.24, 2.45) is 5.92 Å². The number of rotatable bonds is 6. The van der Waals surface area contributed by atoms with E-state index in [1.54, 1.807) is 6.92 Å². The fourth-order valence-corrected chi connectivity index (χ4v) is 1.87. The van der Waals surface area contributed by atoms with Gasteiger partial charge in [-0.25, -0.2) is 0 Å². The van der Waals surface area contributed by atoms with Gasteiger partial charge in [-0.2, -0.15) is 0 Å². The molecule has 4 nitrogen and oxygen atoms in total. The van der Waals surface area contributed by atoms with Crippen LogP contribution in [0.25, 0.3) is 0 Å². The summed E-state index contributed by atoms with van der Waals surface area (Å²) >= 11 is 0. The molecule has 90 valence electrons. The maximum atomic E-state index is 11.9. The Bertz CT molecular complexity index is 282. The number of ether oxygens (including phenoxy) is 1. The Morgan fingerprint density at radius 3 is 2.44 bits per heavy atom. The SMILES string of the molecule is CCOC(=O)CCN(C(=O)C1CC1)C1CC1. The summed E-state index contributed by atoms with van der Waals surface area (Å²) in [5.41, 5.74) is 0. The molecule has 2 rings (SSSR count). The first-order valence-electron chi connectivity index (χ1n) is 6.18. The van der Waals surface area contributed by atoms with E-state index in [-0.39, 0.29) is 17.8 Å². The predicted molar refractivity (Wildman–Crippen MR) is 58.7 cm³/mol. The first kappa shape index (κ1) is 11.4. The molecule has 1 amide bonds. The average Bonchev–Trinajstić information content (AvgIpc) is 3.11. The van der Waals surface area contributed by atoms with Crippen molar-refractivity contribution >= 4 is 11.9 Å². The smallest absolute Gasteiger partial charge is 0.307 e. The van der Waals surface area contributed by atoms with Crippen LogP contribution in [-0.2, 0) is 14.3 Å². The molecule has 0 aromatic carbocycles. The molecule has 0 saturated heterocycles. The van der Waals surface area contributed by atoms with E-state index in [1.807, 2.05) is 4.90 Å². The average molecular weight is 225 g/mol. The lowest BCUT2D eigenvalue weighted by Crippen LogP contribution is -2.36. The van der Waals surface area contributed by atoms with E-state index in [1.165, 1.54) is 0 Å². The van der Waals surface area contributed by atoms with Crippen LogP contribution in [0.5, 0.6) is 0 Å². The normalized spacial score (nSPS) is 19.3. The summed E-state index contributed by atoms with van der Waals surface area (Å²) in [6, 6.07) is 0.405. The highest BCUT2D eigenvalue weighted by Crippen LogP contribution is 2.35. The van der Waals surface area contributed by atoms with Crippen LogP contribution >= 0.6 is 0 Å². The molecule has 0 aromatic rings. The van der Waals surface area contributed by atoms with Crippen molar-refractivity contribution in [3.63, 3.8) is 0 Å². The highest BCUT2D eigenvalue weighted by Gasteiger charge is 2.39. The zero-order valence-corrected chi connectivity index (χ0v) is 9.78. The number of carbonyl (C=O) groups is 2. The van der Waals surface area contributed by atoms with E-state index in [0.29, 0.717) is 25.6 Å². The van der Waals surface area contributed by atoms with Crippen molar-refractivity contribution in [3.8, 4) is 0 Å². The molecular formula is C12H19NO3. The van der Waals surface area contributed by atoms with E-state index >= 15 is 0 Å². The maximum Gasteiger partial charge on any atom is 0.307 e. The Morgan fingerprint density at radius 1 is 1.25 bits per heavy atom. The monoisotopic (exact) mass is 225 g/mol. The standard InChI is InChI=1S/C12H19NO3/c1-2-16-11(14)7-8-13(10-5-6-10)12(15)9-3-4-9/h9-10H,2-8H2,1H3. The van der Waals surface area contributed by atoms with Gasteiger partial charge in [0, 0.05) is 18.5 Å². The number of nitrogens with zero attached hydrogens (tertiary/aromatic N) is 1. The second-order valence-electron chi connectivity index (χ2n) is 4.59. The van der Waals surface area contributed by atoms with Crippen LogP contribution in [0.2, 0.25) is 0 Å². The lowest BCUT2D eigenvalue weighted by atomic mass is 10.3. The molecule has 16 heavy (non-hydrogen) atoms. The first-order chi connectivity index (χ1) is 7.72. The lowest BCUT2D eigenvalue weighted by Gasteiger charge is -2.21. The van der Waals surface area contributed by atoms with Gasteiger partial charge in [-0.1, -0.05) is 0 Å². The van der Waals surface area contributed by atoms with Crippen LogP contribution in [0.1, 0.15) is 39.0 Å². The molecule has 4 heteroatoms. The van der Waals surface area contributed by atoms with E-state index < -0.39 is 0 Å². The van der Waals surface area contributed by atoms with Crippen LogP contribution < -0.4 is 0 Å². The second kappa shape index (κ2) is 4.85. The molecule has 2 aliphatic rings. The van der Waals surface area contributed by atoms with Crippen molar-refractivity contribution in [1.82, 2.24) is 4.90 Å². The zero-order chi connectivity index (χ0) is 11.5. The molecule has 0 unspecified atom stereocenters. The van der Waals surface area contributed by atoms with E-state index in [2.05, 4.69) is 0 Å². The third-order valence-corrected chi connectivity index (χ3v) is 3.06. The second-order valence-corrected chi connectivity index (χ2v) is 4.59. The molecule has 0 spiro atoms. The molecule has 0 radical (unpaired) electrons. The Labute approximate surface area is 95.9 Å². The molecule has 2 fully saturated rings. The third kappa shape index (κ3) is 2.97. The van der Waals surface area contributed by atoms with Gasteiger partial charge < -0.3 is 9.64 Å². The van der Waals surface area contributed by atoms with E-state index in [4.69, 9.17) is 4.74 Å². The van der Waals surface area contributed by atoms with Crippen LogP contribution in [0.15, 0.2) is 0 Å². The number of carbonyl (C=O) groups excluding carboxylic acids is 2. The van der Waals surface area contributed by atoms with E-state index in [0.717, 1.165) is 25.7 Å². The van der Waals surface area contributed by atoms with Crippen molar-refractivity contribution < 1.29 is 14.3 Å². The lowest BCUT2D eigenvalue weighted by molar-refractivity contribution is -0.144. The number of esters is 1. The van der Waals surface area contributed by atoms with Gasteiger partial charge in [0.15, 0.2) is 0 Å². The predicted octanol–water partition coefficient (Wildman–Crippen LogP) is 1.34. The number of amides is 1. The summed E-state index contributed by atoms with van der Waals surface area (Å²) in [6.45, 7) is 2.75. The largest absolute Gasteiger partial charge is 0.466 e. The Kier molecular flexibility index (Phi) is 3.46. The maximum absolute atomic E-state index is 11.9. The zero-order valence-electron chi connectivity index (χ0n) is 9.78. The Balaban J connectivity index is 1.78. The molecule has 0 bridgehead atoms. The summed E-state index contributed by atoms with van der Waals surface area (Å²) in [4.78, 5) is 25.1. The van der Waals surface area contributed by atoms with Gasteiger partial charge in [-0.15, -0.1) is 0 Å². The van der Waals surface area contributed by atoms with Gasteiger partial charge in [-0.05, 0) is 32.6 Å². The molecule has 2 aliphatic carbocycles. The van der Waals surface area contributed by atoms with Crippen LogP contribution in [-0.4, -0.2) is 36.0 Å².